The van der Waals surface area contributed by atoms with Crippen LogP contribution in [0, 0.1) is 6.57 Å². The van der Waals surface area contributed by atoms with E-state index in [-0.39, 0.29) is 17.2 Å². The third-order valence-electron chi connectivity index (χ3n) is 1.58. The van der Waals surface area contributed by atoms with Gasteiger partial charge in [0.1, 0.15) is 5.75 Å². The minimum atomic E-state index is -0.367. The van der Waals surface area contributed by atoms with E-state index < -0.39 is 0 Å². The van der Waals surface area contributed by atoms with E-state index in [1.165, 1.54) is 25.2 Å². The Bertz CT molecular complexity index is 380. The molecule has 0 saturated carbocycles. The second-order valence-electron chi connectivity index (χ2n) is 2.39. The van der Waals surface area contributed by atoms with Crippen molar-refractivity contribution in [1.82, 2.24) is 5.32 Å². The molecule has 1 rings (SSSR count). The van der Waals surface area contributed by atoms with Crippen LogP contribution >= 0.6 is 0 Å². The predicted octanol–water partition coefficient (Wildman–Crippen LogP) is 1.30. The number of rotatable bonds is 1. The van der Waals surface area contributed by atoms with Crippen molar-refractivity contribution >= 4 is 11.6 Å². The third-order valence-corrected chi connectivity index (χ3v) is 1.58. The van der Waals surface area contributed by atoms with Crippen molar-refractivity contribution in [2.75, 3.05) is 7.05 Å². The molecule has 2 N–H and O–H groups in total. The van der Waals surface area contributed by atoms with E-state index in [4.69, 9.17) is 6.57 Å². The van der Waals surface area contributed by atoms with Crippen LogP contribution in [0.1, 0.15) is 10.4 Å². The van der Waals surface area contributed by atoms with Crippen molar-refractivity contribution in [2.45, 2.75) is 0 Å². The van der Waals surface area contributed by atoms with Gasteiger partial charge in [-0.3, -0.25) is 4.79 Å². The zero-order valence-corrected chi connectivity index (χ0v) is 7.03. The van der Waals surface area contributed by atoms with Crippen LogP contribution in [0.25, 0.3) is 4.85 Å². The molecule has 0 aliphatic rings. The summed E-state index contributed by atoms with van der Waals surface area (Å²) >= 11 is 0. The number of nitrogens with zero attached hydrogens (tertiary/aromatic N) is 1. The van der Waals surface area contributed by atoms with Crippen molar-refractivity contribution < 1.29 is 9.90 Å². The highest BCUT2D eigenvalue weighted by atomic mass is 16.3. The average Bonchev–Trinajstić information content (AvgIpc) is 2.16. The van der Waals surface area contributed by atoms with Crippen molar-refractivity contribution in [3.8, 4) is 5.75 Å². The lowest BCUT2D eigenvalue weighted by atomic mass is 10.1. The molecule has 0 heterocycles. The predicted molar refractivity (Wildman–Crippen MR) is 47.8 cm³/mol. The zero-order valence-electron chi connectivity index (χ0n) is 7.03. The van der Waals surface area contributed by atoms with E-state index in [1.54, 1.807) is 0 Å². The van der Waals surface area contributed by atoms with Crippen molar-refractivity contribution in [1.29, 1.82) is 0 Å². The van der Waals surface area contributed by atoms with Crippen LogP contribution < -0.4 is 5.32 Å². The number of hydrogen-bond donors (Lipinski definition) is 2. The number of aromatic hydroxyl groups is 1. The fourth-order valence-electron chi connectivity index (χ4n) is 0.916. The normalized spacial score (nSPS) is 8.92. The molecule has 0 aliphatic carbocycles. The Morgan fingerprint density at radius 3 is 2.77 bits per heavy atom. The van der Waals surface area contributed by atoms with Crippen LogP contribution in [0.2, 0.25) is 0 Å². The Hall–Kier alpha value is -2.02. The summed E-state index contributed by atoms with van der Waals surface area (Å²) in [5.41, 5.74) is 0.486. The van der Waals surface area contributed by atoms with Crippen LogP contribution in [0.4, 0.5) is 5.69 Å². The van der Waals surface area contributed by atoms with Crippen LogP contribution in [0.15, 0.2) is 18.2 Å². The molecule has 1 aromatic carbocycles. The summed E-state index contributed by atoms with van der Waals surface area (Å²) in [5.74, 6) is -0.540. The summed E-state index contributed by atoms with van der Waals surface area (Å²) in [6, 6.07) is 4.16. The van der Waals surface area contributed by atoms with Gasteiger partial charge in [0.15, 0.2) is 5.69 Å². The molecule has 0 saturated heterocycles. The van der Waals surface area contributed by atoms with Gasteiger partial charge in [-0.05, 0) is 6.07 Å². The summed E-state index contributed by atoms with van der Waals surface area (Å²) in [6.07, 6.45) is 0. The molecule has 4 nitrogen and oxygen atoms in total. The van der Waals surface area contributed by atoms with E-state index in [0.29, 0.717) is 5.69 Å². The number of phenolic OH excluding ortho intramolecular Hbond substituents is 1. The molecular weight excluding hydrogens is 168 g/mol. The third kappa shape index (κ3) is 1.76. The quantitative estimate of drug-likeness (QED) is 0.634. The van der Waals surface area contributed by atoms with Gasteiger partial charge in [0.2, 0.25) is 0 Å². The molecule has 1 amide bonds. The molecule has 0 fully saturated rings. The molecule has 0 aromatic heterocycles. The van der Waals surface area contributed by atoms with Crippen molar-refractivity contribution in [3.63, 3.8) is 0 Å². The van der Waals surface area contributed by atoms with Crippen molar-refractivity contribution in [3.05, 3.63) is 35.2 Å². The highest BCUT2D eigenvalue weighted by Gasteiger charge is 2.08. The summed E-state index contributed by atoms with van der Waals surface area (Å²) in [4.78, 5) is 14.2. The zero-order chi connectivity index (χ0) is 9.84. The number of carbonyl (C=O) groups is 1. The molecule has 0 aliphatic heterocycles. The smallest absolute Gasteiger partial charge is 0.254 e. The van der Waals surface area contributed by atoms with Gasteiger partial charge in [0, 0.05) is 7.05 Å². The Labute approximate surface area is 75.6 Å². The van der Waals surface area contributed by atoms with E-state index >= 15 is 0 Å². The minimum Gasteiger partial charge on any atom is -0.508 e. The molecule has 0 unspecified atom stereocenters. The maximum atomic E-state index is 11.1. The second kappa shape index (κ2) is 3.59. The lowest BCUT2D eigenvalue weighted by Gasteiger charge is -2.02. The van der Waals surface area contributed by atoms with Crippen LogP contribution in [-0.2, 0) is 0 Å². The van der Waals surface area contributed by atoms with Gasteiger partial charge < -0.3 is 10.4 Å². The molecule has 1 aromatic rings. The lowest BCUT2D eigenvalue weighted by Crippen LogP contribution is -2.17. The Morgan fingerprint density at radius 1 is 1.62 bits per heavy atom. The summed E-state index contributed by atoms with van der Waals surface area (Å²) in [5, 5.41) is 11.7. The summed E-state index contributed by atoms with van der Waals surface area (Å²) in [6.45, 7) is 6.68. The summed E-state index contributed by atoms with van der Waals surface area (Å²) < 4.78 is 0. The first-order valence-corrected chi connectivity index (χ1v) is 3.61. The average molecular weight is 176 g/mol. The van der Waals surface area contributed by atoms with Gasteiger partial charge in [-0.2, -0.15) is 0 Å². The monoisotopic (exact) mass is 176 g/mol. The van der Waals surface area contributed by atoms with E-state index in [9.17, 15) is 9.90 Å². The standard InChI is InChI=1S/C9H8N2O2/c1-10-6-3-4-7(8(12)5-6)9(13)11-2/h3-5,12H,2H3,(H,11,13). The number of benzene rings is 1. The maximum Gasteiger partial charge on any atom is 0.254 e. The van der Waals surface area contributed by atoms with Gasteiger partial charge in [-0.25, -0.2) is 4.85 Å². The van der Waals surface area contributed by atoms with Crippen LogP contribution in [0.5, 0.6) is 5.75 Å². The Morgan fingerprint density at radius 2 is 2.31 bits per heavy atom. The van der Waals surface area contributed by atoms with Gasteiger partial charge in [0.25, 0.3) is 5.91 Å². The molecule has 0 radical (unpaired) electrons. The topological polar surface area (TPSA) is 53.7 Å². The molecule has 0 bridgehead atoms. The molecule has 4 heteroatoms. The van der Waals surface area contributed by atoms with Crippen LogP contribution in [-0.4, -0.2) is 18.1 Å². The molecular formula is C9H8N2O2. The van der Waals surface area contributed by atoms with Gasteiger partial charge in [-0.1, -0.05) is 12.1 Å². The Balaban J connectivity index is 3.14. The second-order valence-corrected chi connectivity index (χ2v) is 2.39. The highest BCUT2D eigenvalue weighted by molar-refractivity contribution is 5.97. The number of hydrogen-bond acceptors (Lipinski definition) is 2. The van der Waals surface area contributed by atoms with E-state index in [0.717, 1.165) is 0 Å². The molecule has 0 spiro atoms. The van der Waals surface area contributed by atoms with Crippen molar-refractivity contribution in [2.24, 2.45) is 0 Å². The fourth-order valence-corrected chi connectivity index (χ4v) is 0.916. The maximum absolute atomic E-state index is 11.1. The SMILES string of the molecule is [C-]#[N+]c1ccc(C(=O)NC)c(O)c1. The molecule has 13 heavy (non-hydrogen) atoms. The highest BCUT2D eigenvalue weighted by Crippen LogP contribution is 2.23. The van der Waals surface area contributed by atoms with Gasteiger partial charge in [-0.15, -0.1) is 0 Å². The number of phenols is 1. The van der Waals surface area contributed by atoms with E-state index in [1.807, 2.05) is 0 Å². The number of carbonyl (C=O) groups excluding carboxylic acids is 1. The first kappa shape index (κ1) is 9.07. The number of nitrogens with one attached hydrogen (secondary N) is 1. The fraction of sp³-hybridized carbons (Fsp3) is 0.111. The first-order chi connectivity index (χ1) is 6.19. The van der Waals surface area contributed by atoms with E-state index in [2.05, 4.69) is 10.2 Å². The largest absolute Gasteiger partial charge is 0.508 e. The molecule has 0 atom stereocenters. The molecule has 66 valence electrons. The lowest BCUT2D eigenvalue weighted by molar-refractivity contribution is 0.0960. The Kier molecular flexibility index (Phi) is 2.50. The first-order valence-electron chi connectivity index (χ1n) is 3.61. The van der Waals surface area contributed by atoms with Gasteiger partial charge >= 0.3 is 0 Å². The van der Waals surface area contributed by atoms with Gasteiger partial charge in [0.05, 0.1) is 12.1 Å². The minimum absolute atomic E-state index is 0.173. The number of amides is 1. The summed E-state index contributed by atoms with van der Waals surface area (Å²) in [7, 11) is 1.48. The van der Waals surface area contributed by atoms with Crippen LogP contribution in [0.3, 0.4) is 0 Å².